The molecule has 2 aromatic carbocycles. The van der Waals surface area contributed by atoms with Gasteiger partial charge in [-0.3, -0.25) is 19.8 Å². The summed E-state index contributed by atoms with van der Waals surface area (Å²) in [5.41, 5.74) is 2.78. The first-order valence-corrected chi connectivity index (χ1v) is 12.4. The standard InChI is InChI=1S/C26H28N4O2S/c31-24(20-10-5-2-6-11-20)28-26-27-23-21(12-7-13-22(23)33-26)25(32)30-16-14-29(15-17-30)18-19-8-3-1-4-9-19/h1-6,8-11,21H,7,12-18H2,(H,27,28,31). The van der Waals surface area contributed by atoms with Gasteiger partial charge in [0.15, 0.2) is 5.13 Å². The molecule has 1 saturated heterocycles. The van der Waals surface area contributed by atoms with Crippen LogP contribution in [0.5, 0.6) is 0 Å². The number of thiazole rings is 1. The number of rotatable bonds is 5. The van der Waals surface area contributed by atoms with Gasteiger partial charge in [0.1, 0.15) is 0 Å². The number of benzene rings is 2. The number of anilines is 1. The number of fused-ring (bicyclic) bond motifs is 1. The Hall–Kier alpha value is -3.03. The summed E-state index contributed by atoms with van der Waals surface area (Å²) in [6, 6.07) is 19.6. The van der Waals surface area contributed by atoms with E-state index < -0.39 is 0 Å². The predicted octanol–water partition coefficient (Wildman–Crippen LogP) is 4.16. The van der Waals surface area contributed by atoms with Crippen molar-refractivity contribution in [2.24, 2.45) is 0 Å². The molecule has 1 aliphatic heterocycles. The highest BCUT2D eigenvalue weighted by Gasteiger charge is 2.34. The Kier molecular flexibility index (Phi) is 6.51. The molecule has 2 amide bonds. The summed E-state index contributed by atoms with van der Waals surface area (Å²) in [5, 5.41) is 3.50. The molecule has 1 fully saturated rings. The van der Waals surface area contributed by atoms with Gasteiger partial charge in [-0.25, -0.2) is 4.98 Å². The Balaban J connectivity index is 1.22. The molecule has 170 valence electrons. The zero-order valence-electron chi connectivity index (χ0n) is 18.6. The van der Waals surface area contributed by atoms with Gasteiger partial charge >= 0.3 is 0 Å². The normalized spacial score (nSPS) is 18.5. The third kappa shape index (κ3) is 4.99. The molecule has 1 aliphatic carbocycles. The second kappa shape index (κ2) is 9.85. The molecule has 1 atom stereocenters. The molecule has 33 heavy (non-hydrogen) atoms. The molecule has 0 saturated carbocycles. The van der Waals surface area contributed by atoms with Crippen LogP contribution in [0.2, 0.25) is 0 Å². The van der Waals surface area contributed by atoms with Crippen LogP contribution in [0.15, 0.2) is 60.7 Å². The molecule has 6 nitrogen and oxygen atoms in total. The number of hydrogen-bond acceptors (Lipinski definition) is 5. The quantitative estimate of drug-likeness (QED) is 0.621. The lowest BCUT2D eigenvalue weighted by Crippen LogP contribution is -2.49. The smallest absolute Gasteiger partial charge is 0.257 e. The van der Waals surface area contributed by atoms with Gasteiger partial charge in [0.05, 0.1) is 11.6 Å². The second-order valence-corrected chi connectivity index (χ2v) is 9.76. The van der Waals surface area contributed by atoms with Crippen LogP contribution >= 0.6 is 11.3 Å². The Labute approximate surface area is 198 Å². The average Bonchev–Trinajstić information content (AvgIpc) is 3.28. The molecule has 7 heteroatoms. The summed E-state index contributed by atoms with van der Waals surface area (Å²) < 4.78 is 0. The zero-order chi connectivity index (χ0) is 22.6. The fourth-order valence-corrected chi connectivity index (χ4v) is 5.72. The number of amides is 2. The highest BCUT2D eigenvalue weighted by atomic mass is 32.1. The van der Waals surface area contributed by atoms with Crippen LogP contribution in [0.1, 0.15) is 45.3 Å². The van der Waals surface area contributed by atoms with E-state index in [9.17, 15) is 9.59 Å². The Morgan fingerprint density at radius 1 is 0.970 bits per heavy atom. The number of hydrogen-bond donors (Lipinski definition) is 1. The number of carbonyl (C=O) groups excluding carboxylic acids is 2. The SMILES string of the molecule is O=C(Nc1nc2c(s1)CCCC2C(=O)N1CCN(Cc2ccccc2)CC1)c1ccccc1. The number of aromatic nitrogens is 1. The van der Waals surface area contributed by atoms with E-state index in [1.807, 2.05) is 29.2 Å². The fraction of sp³-hybridized carbons (Fsp3) is 0.346. The van der Waals surface area contributed by atoms with E-state index in [-0.39, 0.29) is 17.7 Å². The first-order valence-electron chi connectivity index (χ1n) is 11.6. The van der Waals surface area contributed by atoms with Crippen molar-refractivity contribution < 1.29 is 9.59 Å². The predicted molar refractivity (Wildman–Crippen MR) is 130 cm³/mol. The van der Waals surface area contributed by atoms with Gasteiger partial charge < -0.3 is 4.90 Å². The molecule has 2 aliphatic rings. The number of carbonyl (C=O) groups is 2. The lowest BCUT2D eigenvalue weighted by atomic mass is 9.89. The topological polar surface area (TPSA) is 65.5 Å². The van der Waals surface area contributed by atoms with Crippen molar-refractivity contribution in [3.63, 3.8) is 0 Å². The van der Waals surface area contributed by atoms with Gasteiger partial charge in [-0.1, -0.05) is 48.5 Å². The Morgan fingerprint density at radius 3 is 2.39 bits per heavy atom. The molecule has 1 unspecified atom stereocenters. The van der Waals surface area contributed by atoms with Gasteiger partial charge in [-0.2, -0.15) is 0 Å². The summed E-state index contributed by atoms with van der Waals surface area (Å²) in [6.07, 6.45) is 2.72. The van der Waals surface area contributed by atoms with Crippen molar-refractivity contribution in [3.8, 4) is 0 Å². The van der Waals surface area contributed by atoms with Crippen LogP contribution in [0.25, 0.3) is 0 Å². The maximum absolute atomic E-state index is 13.4. The molecule has 1 N–H and O–H groups in total. The van der Waals surface area contributed by atoms with E-state index in [1.165, 1.54) is 16.9 Å². The van der Waals surface area contributed by atoms with E-state index in [4.69, 9.17) is 4.98 Å². The van der Waals surface area contributed by atoms with E-state index >= 15 is 0 Å². The summed E-state index contributed by atoms with van der Waals surface area (Å²) in [6.45, 7) is 4.19. The van der Waals surface area contributed by atoms with E-state index in [0.717, 1.165) is 62.6 Å². The number of nitrogens with one attached hydrogen (secondary N) is 1. The lowest BCUT2D eigenvalue weighted by molar-refractivity contribution is -0.135. The lowest BCUT2D eigenvalue weighted by Gasteiger charge is -2.37. The van der Waals surface area contributed by atoms with Gasteiger partial charge in [-0.05, 0) is 37.0 Å². The van der Waals surface area contributed by atoms with Crippen molar-refractivity contribution in [1.29, 1.82) is 0 Å². The van der Waals surface area contributed by atoms with E-state index in [0.29, 0.717) is 10.7 Å². The molecule has 0 bridgehead atoms. The number of aryl methyl sites for hydroxylation is 1. The average molecular weight is 461 g/mol. The number of piperazine rings is 1. The van der Waals surface area contributed by atoms with E-state index in [1.54, 1.807) is 12.1 Å². The largest absolute Gasteiger partial charge is 0.340 e. The first kappa shape index (κ1) is 21.8. The van der Waals surface area contributed by atoms with E-state index in [2.05, 4.69) is 34.5 Å². The van der Waals surface area contributed by atoms with Crippen LogP contribution < -0.4 is 5.32 Å². The van der Waals surface area contributed by atoms with Crippen LogP contribution in [0.3, 0.4) is 0 Å². The van der Waals surface area contributed by atoms with Crippen molar-refractivity contribution in [3.05, 3.63) is 82.4 Å². The van der Waals surface area contributed by atoms with Gasteiger partial charge in [0.25, 0.3) is 5.91 Å². The molecular formula is C26H28N4O2S. The fourth-order valence-electron chi connectivity index (χ4n) is 4.66. The van der Waals surface area contributed by atoms with Gasteiger partial charge in [0.2, 0.25) is 5.91 Å². The molecule has 2 heterocycles. The number of nitrogens with zero attached hydrogens (tertiary/aromatic N) is 3. The molecule has 0 radical (unpaired) electrons. The molecule has 1 aromatic heterocycles. The van der Waals surface area contributed by atoms with Crippen LogP contribution in [-0.4, -0.2) is 52.8 Å². The second-order valence-electron chi connectivity index (χ2n) is 8.68. The van der Waals surface area contributed by atoms with Crippen LogP contribution in [0, 0.1) is 0 Å². The third-order valence-electron chi connectivity index (χ3n) is 6.44. The maximum Gasteiger partial charge on any atom is 0.257 e. The maximum atomic E-state index is 13.4. The highest BCUT2D eigenvalue weighted by molar-refractivity contribution is 7.16. The van der Waals surface area contributed by atoms with Crippen molar-refractivity contribution in [2.45, 2.75) is 31.7 Å². The Morgan fingerprint density at radius 2 is 1.67 bits per heavy atom. The van der Waals surface area contributed by atoms with Gasteiger partial charge in [0, 0.05) is 43.2 Å². The molecule has 0 spiro atoms. The van der Waals surface area contributed by atoms with Crippen LogP contribution in [0.4, 0.5) is 5.13 Å². The zero-order valence-corrected chi connectivity index (χ0v) is 19.4. The van der Waals surface area contributed by atoms with Crippen LogP contribution in [-0.2, 0) is 17.8 Å². The van der Waals surface area contributed by atoms with Crippen molar-refractivity contribution >= 4 is 28.3 Å². The minimum absolute atomic E-state index is 0.167. The minimum atomic E-state index is -0.201. The molecule has 5 rings (SSSR count). The summed E-state index contributed by atoms with van der Waals surface area (Å²) >= 11 is 1.51. The summed E-state index contributed by atoms with van der Waals surface area (Å²) in [5.74, 6) is -0.186. The summed E-state index contributed by atoms with van der Waals surface area (Å²) in [7, 11) is 0. The Bertz CT molecular complexity index is 1110. The molecular weight excluding hydrogens is 432 g/mol. The highest BCUT2D eigenvalue weighted by Crippen LogP contribution is 2.38. The molecule has 3 aromatic rings. The first-order chi connectivity index (χ1) is 16.2. The monoisotopic (exact) mass is 460 g/mol. The minimum Gasteiger partial charge on any atom is -0.340 e. The van der Waals surface area contributed by atoms with Crippen molar-refractivity contribution in [2.75, 3.05) is 31.5 Å². The third-order valence-corrected chi connectivity index (χ3v) is 7.49. The van der Waals surface area contributed by atoms with Crippen molar-refractivity contribution in [1.82, 2.24) is 14.8 Å². The summed E-state index contributed by atoms with van der Waals surface area (Å²) in [4.78, 5) is 36.2. The van der Waals surface area contributed by atoms with Gasteiger partial charge in [-0.15, -0.1) is 11.3 Å².